The van der Waals surface area contributed by atoms with Gasteiger partial charge in [0.2, 0.25) is 11.8 Å². The Kier molecular flexibility index (Phi) is 5.07. The highest BCUT2D eigenvalue weighted by Gasteiger charge is 2.18. The predicted octanol–water partition coefficient (Wildman–Crippen LogP) is 2.35. The Hall–Kier alpha value is -2.03. The van der Waals surface area contributed by atoms with Crippen LogP contribution in [0.25, 0.3) is 0 Å². The summed E-state index contributed by atoms with van der Waals surface area (Å²) < 4.78 is 57.9. The minimum absolute atomic E-state index is 0.0110. The van der Waals surface area contributed by atoms with Gasteiger partial charge in [-0.2, -0.15) is 8.78 Å². The van der Waals surface area contributed by atoms with Crippen molar-refractivity contribution in [3.8, 4) is 5.75 Å². The maximum absolute atomic E-state index is 12.1. The molecule has 2 aromatic rings. The largest absolute Gasteiger partial charge is 0.435 e. The zero-order chi connectivity index (χ0) is 16.2. The Morgan fingerprint density at radius 2 is 1.95 bits per heavy atom. The molecule has 0 aliphatic rings. The third kappa shape index (κ3) is 4.76. The normalized spacial score (nSPS) is 11.8. The zero-order valence-electron chi connectivity index (χ0n) is 11.7. The smallest absolute Gasteiger partial charge is 0.387 e. The molecule has 0 unspecified atom stereocenters. The molecule has 1 aromatic heterocycles. The van der Waals surface area contributed by atoms with E-state index < -0.39 is 22.2 Å². The van der Waals surface area contributed by atoms with Crippen LogP contribution in [-0.2, 0) is 27.8 Å². The first-order valence-corrected chi connectivity index (χ1v) is 8.25. The second-order valence-electron chi connectivity index (χ2n) is 4.50. The fourth-order valence-electron chi connectivity index (χ4n) is 1.79. The maximum Gasteiger partial charge on any atom is 0.387 e. The molecule has 2 rings (SSSR count). The van der Waals surface area contributed by atoms with Crippen LogP contribution in [0.5, 0.6) is 5.75 Å². The van der Waals surface area contributed by atoms with Crippen LogP contribution in [0, 0.1) is 0 Å². The van der Waals surface area contributed by atoms with Crippen molar-refractivity contribution < 1.29 is 26.4 Å². The Bertz CT molecular complexity index is 731. The first-order chi connectivity index (χ1) is 10.4. The molecule has 1 heterocycles. The van der Waals surface area contributed by atoms with E-state index >= 15 is 0 Å². The average molecular weight is 332 g/mol. The summed E-state index contributed by atoms with van der Waals surface area (Å²) in [6.07, 6.45) is 0.514. The van der Waals surface area contributed by atoms with Crippen molar-refractivity contribution in [2.45, 2.75) is 31.5 Å². The number of nitrogens with zero attached hydrogens (tertiary/aromatic N) is 2. The summed E-state index contributed by atoms with van der Waals surface area (Å²) in [4.78, 5) is 0. The van der Waals surface area contributed by atoms with Crippen LogP contribution in [0.15, 0.2) is 28.7 Å². The topological polar surface area (TPSA) is 82.3 Å². The SMILES string of the molecule is CCc1nnc(CS(=O)(=O)Cc2cccc(OC(F)F)c2)o1. The molecule has 0 radical (unpaired) electrons. The van der Waals surface area contributed by atoms with Gasteiger partial charge in [0.05, 0.1) is 5.75 Å². The molecule has 0 N–H and O–H groups in total. The van der Waals surface area contributed by atoms with Crippen molar-refractivity contribution in [1.29, 1.82) is 0 Å². The number of ether oxygens (including phenoxy) is 1. The van der Waals surface area contributed by atoms with E-state index in [9.17, 15) is 17.2 Å². The van der Waals surface area contributed by atoms with Crippen molar-refractivity contribution in [2.24, 2.45) is 0 Å². The molecule has 0 saturated carbocycles. The summed E-state index contributed by atoms with van der Waals surface area (Å²) in [6.45, 7) is -1.15. The molecule has 0 aliphatic heterocycles. The summed E-state index contributed by atoms with van der Waals surface area (Å²) in [5, 5.41) is 7.34. The Balaban J connectivity index is 2.08. The molecule has 0 spiro atoms. The number of sulfone groups is 1. The number of halogens is 2. The Labute approximate surface area is 126 Å². The minimum Gasteiger partial charge on any atom is -0.435 e. The quantitative estimate of drug-likeness (QED) is 0.774. The first kappa shape index (κ1) is 16.3. The third-order valence-electron chi connectivity index (χ3n) is 2.66. The van der Waals surface area contributed by atoms with E-state index in [2.05, 4.69) is 14.9 Å². The highest BCUT2D eigenvalue weighted by Crippen LogP contribution is 2.19. The molecule has 9 heteroatoms. The molecule has 1 aromatic carbocycles. The summed E-state index contributed by atoms with van der Waals surface area (Å²) in [6, 6.07) is 5.55. The van der Waals surface area contributed by atoms with E-state index in [0.29, 0.717) is 17.9 Å². The van der Waals surface area contributed by atoms with Gasteiger partial charge in [0.25, 0.3) is 0 Å². The molecule has 22 heavy (non-hydrogen) atoms. The number of rotatable bonds is 7. The molecular formula is C13H14F2N2O4S. The molecule has 0 amide bonds. The standard InChI is InChI=1S/C13H14F2N2O4S/c1-2-11-16-17-12(21-11)8-22(18,19)7-9-4-3-5-10(6-9)20-13(14)15/h3-6,13H,2,7-8H2,1H3. The van der Waals surface area contributed by atoms with Crippen LogP contribution >= 0.6 is 0 Å². The van der Waals surface area contributed by atoms with Crippen LogP contribution in [0.4, 0.5) is 8.78 Å². The van der Waals surface area contributed by atoms with Gasteiger partial charge in [0.1, 0.15) is 11.5 Å². The highest BCUT2D eigenvalue weighted by molar-refractivity contribution is 7.89. The predicted molar refractivity (Wildman–Crippen MR) is 73.1 cm³/mol. The van der Waals surface area contributed by atoms with Crippen molar-refractivity contribution in [1.82, 2.24) is 10.2 Å². The van der Waals surface area contributed by atoms with Gasteiger partial charge in [-0.25, -0.2) is 8.42 Å². The van der Waals surface area contributed by atoms with E-state index in [1.165, 1.54) is 24.3 Å². The number of hydrogen-bond acceptors (Lipinski definition) is 6. The van der Waals surface area contributed by atoms with Crippen molar-refractivity contribution in [3.63, 3.8) is 0 Å². The van der Waals surface area contributed by atoms with Gasteiger partial charge in [-0.1, -0.05) is 19.1 Å². The van der Waals surface area contributed by atoms with Crippen LogP contribution < -0.4 is 4.74 Å². The molecule has 0 aliphatic carbocycles. The summed E-state index contributed by atoms with van der Waals surface area (Å²) >= 11 is 0. The van der Waals surface area contributed by atoms with E-state index in [4.69, 9.17) is 4.42 Å². The van der Waals surface area contributed by atoms with Crippen LogP contribution in [0.2, 0.25) is 0 Å². The lowest BCUT2D eigenvalue weighted by Crippen LogP contribution is -2.08. The number of alkyl halides is 2. The van der Waals surface area contributed by atoms with Gasteiger partial charge in [0, 0.05) is 6.42 Å². The molecule has 0 atom stereocenters. The van der Waals surface area contributed by atoms with Crippen molar-refractivity contribution >= 4 is 9.84 Å². The van der Waals surface area contributed by atoms with Crippen LogP contribution in [0.1, 0.15) is 24.3 Å². The van der Waals surface area contributed by atoms with Crippen molar-refractivity contribution in [3.05, 3.63) is 41.6 Å². The molecule has 0 saturated heterocycles. The monoisotopic (exact) mass is 332 g/mol. The summed E-state index contributed by atoms with van der Waals surface area (Å²) in [5.41, 5.74) is 0.341. The highest BCUT2D eigenvalue weighted by atomic mass is 32.2. The van der Waals surface area contributed by atoms with Gasteiger partial charge < -0.3 is 9.15 Å². The maximum atomic E-state index is 12.1. The first-order valence-electron chi connectivity index (χ1n) is 6.43. The van der Waals surface area contributed by atoms with Gasteiger partial charge >= 0.3 is 6.61 Å². The molecule has 0 bridgehead atoms. The Morgan fingerprint density at radius 1 is 1.23 bits per heavy atom. The second-order valence-corrected chi connectivity index (χ2v) is 6.57. The Morgan fingerprint density at radius 3 is 2.59 bits per heavy atom. The zero-order valence-corrected chi connectivity index (χ0v) is 12.5. The van der Waals surface area contributed by atoms with E-state index in [-0.39, 0.29) is 17.4 Å². The number of benzene rings is 1. The van der Waals surface area contributed by atoms with Crippen LogP contribution in [-0.4, -0.2) is 25.2 Å². The van der Waals surface area contributed by atoms with E-state index in [0.717, 1.165) is 0 Å². The van der Waals surface area contributed by atoms with E-state index in [1.807, 2.05) is 0 Å². The van der Waals surface area contributed by atoms with Crippen LogP contribution in [0.3, 0.4) is 0 Å². The molecular weight excluding hydrogens is 318 g/mol. The molecule has 120 valence electrons. The third-order valence-corrected chi connectivity index (χ3v) is 4.12. The lowest BCUT2D eigenvalue weighted by atomic mass is 10.2. The fraction of sp³-hybridized carbons (Fsp3) is 0.385. The van der Waals surface area contributed by atoms with Gasteiger partial charge in [-0.3, -0.25) is 0 Å². The molecule has 0 fully saturated rings. The summed E-state index contributed by atoms with van der Waals surface area (Å²) in [5.74, 6) is -0.458. The lowest BCUT2D eigenvalue weighted by Gasteiger charge is -2.07. The van der Waals surface area contributed by atoms with Gasteiger partial charge in [-0.05, 0) is 17.7 Å². The van der Waals surface area contributed by atoms with Crippen molar-refractivity contribution in [2.75, 3.05) is 0 Å². The summed E-state index contributed by atoms with van der Waals surface area (Å²) in [7, 11) is -3.57. The van der Waals surface area contributed by atoms with Gasteiger partial charge in [-0.15, -0.1) is 10.2 Å². The number of aromatic nitrogens is 2. The fourth-order valence-corrected chi connectivity index (χ4v) is 3.08. The lowest BCUT2D eigenvalue weighted by molar-refractivity contribution is -0.0498. The van der Waals surface area contributed by atoms with E-state index in [1.54, 1.807) is 6.92 Å². The minimum atomic E-state index is -3.57. The number of hydrogen-bond donors (Lipinski definition) is 0. The number of aryl methyl sites for hydroxylation is 1. The van der Waals surface area contributed by atoms with Gasteiger partial charge in [0.15, 0.2) is 9.84 Å². The average Bonchev–Trinajstić information content (AvgIpc) is 2.84. The molecule has 6 nitrogen and oxygen atoms in total. The second kappa shape index (κ2) is 6.82.